The molecule has 0 unspecified atom stereocenters. The zero-order chi connectivity index (χ0) is 12.6. The van der Waals surface area contributed by atoms with Crippen molar-refractivity contribution in [3.63, 3.8) is 0 Å². The van der Waals surface area contributed by atoms with E-state index in [1.807, 2.05) is 0 Å². The van der Waals surface area contributed by atoms with Gasteiger partial charge in [-0.2, -0.15) is 0 Å². The molecule has 0 N–H and O–H groups in total. The minimum atomic E-state index is 0.356. The molecule has 0 radical (unpaired) electrons. The molecule has 0 amide bonds. The summed E-state index contributed by atoms with van der Waals surface area (Å²) in [6, 6.07) is 5.09. The molecule has 0 spiro atoms. The van der Waals surface area contributed by atoms with Gasteiger partial charge >= 0.3 is 0 Å². The predicted molar refractivity (Wildman–Crippen MR) is 82.4 cm³/mol. The number of halogens is 5. The van der Waals surface area contributed by atoms with E-state index >= 15 is 0 Å². The summed E-state index contributed by atoms with van der Waals surface area (Å²) < 4.78 is 0.936. The highest BCUT2D eigenvalue weighted by Crippen LogP contribution is 2.40. The van der Waals surface area contributed by atoms with E-state index in [9.17, 15) is 0 Å². The molecule has 0 saturated heterocycles. The lowest BCUT2D eigenvalue weighted by atomic mass is 10.1. The van der Waals surface area contributed by atoms with E-state index in [2.05, 4.69) is 27.6 Å². The van der Waals surface area contributed by atoms with Crippen molar-refractivity contribution >= 4 is 69.0 Å². The maximum atomic E-state index is 6.13. The summed E-state index contributed by atoms with van der Waals surface area (Å²) in [4.78, 5) is 4.24. The van der Waals surface area contributed by atoms with Crippen molar-refractivity contribution in [3.8, 4) is 11.3 Å². The quantitative estimate of drug-likeness (QED) is 0.411. The van der Waals surface area contributed by atoms with Crippen LogP contribution in [0.5, 0.6) is 0 Å². The number of hydrogen-bond acceptors (Lipinski definition) is 1. The summed E-state index contributed by atoms with van der Waals surface area (Å²) in [5, 5.41) is 1.73. The highest BCUT2D eigenvalue weighted by Gasteiger charge is 2.16. The van der Waals surface area contributed by atoms with Crippen LogP contribution in [-0.2, 0) is 0 Å². The van der Waals surface area contributed by atoms with Crippen molar-refractivity contribution in [3.05, 3.63) is 48.1 Å². The highest BCUT2D eigenvalue weighted by molar-refractivity contribution is 14.1. The van der Waals surface area contributed by atoms with Crippen molar-refractivity contribution in [2.45, 2.75) is 0 Å². The van der Waals surface area contributed by atoms with E-state index in [4.69, 9.17) is 46.4 Å². The molecule has 0 aliphatic carbocycles. The highest BCUT2D eigenvalue weighted by atomic mass is 127. The molecule has 88 valence electrons. The van der Waals surface area contributed by atoms with Gasteiger partial charge in [-0.15, -0.1) is 0 Å². The van der Waals surface area contributed by atoms with Gasteiger partial charge in [0.2, 0.25) is 0 Å². The summed E-state index contributed by atoms with van der Waals surface area (Å²) in [5.41, 5.74) is 1.09. The van der Waals surface area contributed by atoms with Crippen molar-refractivity contribution in [2.24, 2.45) is 0 Å². The molecule has 17 heavy (non-hydrogen) atoms. The van der Waals surface area contributed by atoms with Gasteiger partial charge in [0.25, 0.3) is 0 Å². The lowest BCUT2D eigenvalue weighted by Crippen LogP contribution is -1.89. The number of hydrogen-bond donors (Lipinski definition) is 0. The third-order valence-corrected chi connectivity index (χ3v) is 4.09. The van der Waals surface area contributed by atoms with Gasteiger partial charge in [0.15, 0.2) is 0 Å². The smallest absolute Gasteiger partial charge is 0.0919 e. The minimum absolute atomic E-state index is 0.356. The van der Waals surface area contributed by atoms with Gasteiger partial charge in [-0.3, -0.25) is 4.98 Å². The maximum absolute atomic E-state index is 6.13. The Balaban J connectivity index is 2.72. The van der Waals surface area contributed by atoms with Gasteiger partial charge in [0.1, 0.15) is 0 Å². The summed E-state index contributed by atoms with van der Waals surface area (Å²) in [6.45, 7) is 0. The fourth-order valence-corrected chi connectivity index (χ4v) is 2.95. The van der Waals surface area contributed by atoms with Crippen molar-refractivity contribution in [1.29, 1.82) is 0 Å². The number of benzene rings is 1. The van der Waals surface area contributed by atoms with Crippen LogP contribution < -0.4 is 0 Å². The van der Waals surface area contributed by atoms with Crippen LogP contribution in [0.4, 0.5) is 0 Å². The van der Waals surface area contributed by atoms with Crippen LogP contribution in [0.3, 0.4) is 0 Å². The molecule has 1 heterocycles. The zero-order valence-corrected chi connectivity index (χ0v) is 13.3. The van der Waals surface area contributed by atoms with Gasteiger partial charge in [-0.05, 0) is 40.8 Å². The zero-order valence-electron chi connectivity index (χ0n) is 8.15. The summed E-state index contributed by atoms with van der Waals surface area (Å²) >= 11 is 26.4. The molecule has 0 bridgehead atoms. The van der Waals surface area contributed by atoms with E-state index < -0.39 is 0 Å². The van der Waals surface area contributed by atoms with E-state index in [0.717, 1.165) is 3.57 Å². The largest absolute Gasteiger partial charge is 0.253 e. The van der Waals surface area contributed by atoms with E-state index in [0.29, 0.717) is 31.3 Å². The molecule has 1 aromatic carbocycles. The second-order valence-electron chi connectivity index (χ2n) is 3.20. The van der Waals surface area contributed by atoms with E-state index in [1.165, 1.54) is 0 Å². The molecule has 2 aromatic rings. The van der Waals surface area contributed by atoms with Crippen LogP contribution in [0.2, 0.25) is 20.1 Å². The molecule has 1 nitrogen and oxygen atoms in total. The monoisotopic (exact) mass is 417 g/mol. The molecule has 0 aliphatic heterocycles. The first-order valence-electron chi connectivity index (χ1n) is 4.45. The number of rotatable bonds is 1. The molecule has 0 saturated carbocycles. The molecule has 2 rings (SSSR count). The maximum Gasteiger partial charge on any atom is 0.0919 e. The van der Waals surface area contributed by atoms with Crippen LogP contribution in [0.25, 0.3) is 11.3 Å². The Morgan fingerprint density at radius 1 is 0.941 bits per heavy atom. The van der Waals surface area contributed by atoms with Gasteiger partial charge in [0, 0.05) is 15.3 Å². The Bertz CT molecular complexity index is 586. The SMILES string of the molecule is Clc1cc(I)cnc1-c1c(Cl)ccc(Cl)c1Cl. The fourth-order valence-electron chi connectivity index (χ4n) is 1.34. The first kappa shape index (κ1) is 13.7. The molecule has 0 atom stereocenters. The molecular formula is C11H4Cl4IN. The Kier molecular flexibility index (Phi) is 4.42. The van der Waals surface area contributed by atoms with Gasteiger partial charge in [0.05, 0.1) is 25.8 Å². The first-order chi connectivity index (χ1) is 8.00. The molecule has 6 heteroatoms. The molecule has 0 aliphatic rings. The second-order valence-corrected chi connectivity index (χ2v) is 6.05. The van der Waals surface area contributed by atoms with Crippen LogP contribution in [0.1, 0.15) is 0 Å². The van der Waals surface area contributed by atoms with Crippen molar-refractivity contribution in [1.82, 2.24) is 4.98 Å². The lowest BCUT2D eigenvalue weighted by Gasteiger charge is -2.09. The van der Waals surface area contributed by atoms with Gasteiger partial charge < -0.3 is 0 Å². The van der Waals surface area contributed by atoms with Crippen molar-refractivity contribution < 1.29 is 0 Å². The van der Waals surface area contributed by atoms with Gasteiger partial charge in [-0.1, -0.05) is 46.4 Å². The molecule has 0 fully saturated rings. The van der Waals surface area contributed by atoms with Crippen molar-refractivity contribution in [2.75, 3.05) is 0 Å². The Hall–Kier alpha value is 0.260. The summed E-state index contributed by atoms with van der Waals surface area (Å²) in [7, 11) is 0. The third kappa shape index (κ3) is 2.82. The summed E-state index contributed by atoms with van der Waals surface area (Å²) in [6.07, 6.45) is 1.69. The van der Waals surface area contributed by atoms with Crippen LogP contribution in [0, 0.1) is 3.57 Å². The molecule has 1 aromatic heterocycles. The van der Waals surface area contributed by atoms with Gasteiger partial charge in [-0.25, -0.2) is 0 Å². The third-order valence-electron chi connectivity index (χ3n) is 2.09. The van der Waals surface area contributed by atoms with E-state index in [1.54, 1.807) is 24.4 Å². The Morgan fingerprint density at radius 2 is 1.59 bits per heavy atom. The minimum Gasteiger partial charge on any atom is -0.253 e. The number of nitrogens with zero attached hydrogens (tertiary/aromatic N) is 1. The van der Waals surface area contributed by atoms with Crippen LogP contribution >= 0.6 is 69.0 Å². The second kappa shape index (κ2) is 5.49. The normalized spacial score (nSPS) is 10.6. The average Bonchev–Trinajstić information content (AvgIpc) is 2.27. The number of pyridine rings is 1. The van der Waals surface area contributed by atoms with Crippen LogP contribution in [-0.4, -0.2) is 4.98 Å². The standard InChI is InChI=1S/C11H4Cl4IN/c12-6-1-2-7(13)10(15)9(6)11-8(14)3-5(16)4-17-11/h1-4H. The Morgan fingerprint density at radius 3 is 2.24 bits per heavy atom. The molecular weight excluding hydrogens is 415 g/mol. The predicted octanol–water partition coefficient (Wildman–Crippen LogP) is 5.97. The van der Waals surface area contributed by atoms with Crippen LogP contribution in [0.15, 0.2) is 24.4 Å². The average molecular weight is 419 g/mol. The fraction of sp³-hybridized carbons (Fsp3) is 0. The summed E-state index contributed by atoms with van der Waals surface area (Å²) in [5.74, 6) is 0. The van der Waals surface area contributed by atoms with E-state index in [-0.39, 0.29) is 0 Å². The lowest BCUT2D eigenvalue weighted by molar-refractivity contribution is 1.31. The number of aromatic nitrogens is 1. The Labute approximate surface area is 132 Å². The first-order valence-corrected chi connectivity index (χ1v) is 7.04. The topological polar surface area (TPSA) is 12.9 Å².